The van der Waals surface area contributed by atoms with Crippen LogP contribution in [-0.4, -0.2) is 24.6 Å². The van der Waals surface area contributed by atoms with Crippen molar-refractivity contribution in [3.8, 4) is 0 Å². The number of ether oxygens (including phenoxy) is 2. The van der Waals surface area contributed by atoms with E-state index in [1.165, 1.54) is 6.42 Å². The van der Waals surface area contributed by atoms with E-state index >= 15 is 0 Å². The smallest absolute Gasteiger partial charge is 0.344 e. The highest BCUT2D eigenvalue weighted by atomic mass is 16.6. The molecule has 1 aliphatic carbocycles. The molecule has 0 N–H and O–H groups in total. The predicted molar refractivity (Wildman–Crippen MR) is 97.4 cm³/mol. The van der Waals surface area contributed by atoms with Gasteiger partial charge in [0, 0.05) is 0 Å². The average molecular weight is 346 g/mol. The molecular formula is C21H30O4. The minimum Gasteiger partial charge on any atom is -0.460 e. The summed E-state index contributed by atoms with van der Waals surface area (Å²) in [5, 5.41) is 0. The first kappa shape index (κ1) is 19.5. The maximum Gasteiger partial charge on any atom is 0.344 e. The molecule has 0 spiro atoms. The molecule has 1 fully saturated rings. The fourth-order valence-electron chi connectivity index (χ4n) is 3.53. The lowest BCUT2D eigenvalue weighted by Crippen LogP contribution is -2.36. The lowest BCUT2D eigenvalue weighted by atomic mass is 9.75. The van der Waals surface area contributed by atoms with E-state index in [1.54, 1.807) is 12.1 Å². The molecule has 1 aromatic rings. The molecule has 4 nitrogen and oxygen atoms in total. The number of rotatable bonds is 5. The second kappa shape index (κ2) is 8.50. The molecule has 25 heavy (non-hydrogen) atoms. The number of hydrogen-bond acceptors (Lipinski definition) is 4. The van der Waals surface area contributed by atoms with E-state index in [1.807, 2.05) is 19.9 Å². The van der Waals surface area contributed by atoms with E-state index < -0.39 is 11.9 Å². The Hall–Kier alpha value is -1.84. The van der Waals surface area contributed by atoms with E-state index in [0.29, 0.717) is 23.3 Å². The van der Waals surface area contributed by atoms with Gasteiger partial charge in [-0.1, -0.05) is 33.3 Å². The quantitative estimate of drug-likeness (QED) is 0.739. The van der Waals surface area contributed by atoms with Gasteiger partial charge in [0.1, 0.15) is 6.10 Å². The van der Waals surface area contributed by atoms with E-state index in [-0.39, 0.29) is 12.7 Å². The number of hydrogen-bond donors (Lipinski definition) is 0. The van der Waals surface area contributed by atoms with Gasteiger partial charge >= 0.3 is 11.9 Å². The van der Waals surface area contributed by atoms with E-state index in [9.17, 15) is 9.59 Å². The fourth-order valence-corrected chi connectivity index (χ4v) is 3.53. The molecule has 138 valence electrons. The van der Waals surface area contributed by atoms with Crippen LogP contribution in [0.5, 0.6) is 0 Å². The maximum atomic E-state index is 12.1. The Balaban J connectivity index is 1.88. The van der Waals surface area contributed by atoms with Crippen molar-refractivity contribution in [3.05, 3.63) is 34.9 Å². The summed E-state index contributed by atoms with van der Waals surface area (Å²) in [5.74, 6) is 0.476. The van der Waals surface area contributed by atoms with Crippen LogP contribution >= 0.6 is 0 Å². The number of aryl methyl sites for hydroxylation is 2. The topological polar surface area (TPSA) is 52.6 Å². The molecular weight excluding hydrogens is 316 g/mol. The van der Waals surface area contributed by atoms with Crippen LogP contribution in [0.3, 0.4) is 0 Å². The van der Waals surface area contributed by atoms with Crippen LogP contribution in [-0.2, 0) is 14.3 Å². The molecule has 0 heterocycles. The van der Waals surface area contributed by atoms with Crippen molar-refractivity contribution >= 4 is 11.9 Å². The number of carbonyl (C=O) groups excluding carboxylic acids is 2. The van der Waals surface area contributed by atoms with Gasteiger partial charge in [0.15, 0.2) is 6.61 Å². The second-order valence-corrected chi connectivity index (χ2v) is 7.73. The Labute approximate surface area is 150 Å². The third-order valence-corrected chi connectivity index (χ3v) is 5.31. The molecule has 2 rings (SSSR count). The minimum atomic E-state index is -0.488. The van der Waals surface area contributed by atoms with Gasteiger partial charge in [-0.25, -0.2) is 9.59 Å². The third kappa shape index (κ3) is 5.32. The van der Waals surface area contributed by atoms with Crippen LogP contribution in [0, 0.1) is 31.6 Å². The van der Waals surface area contributed by atoms with Gasteiger partial charge in [-0.15, -0.1) is 0 Å². The van der Waals surface area contributed by atoms with Gasteiger partial charge in [0.2, 0.25) is 0 Å². The van der Waals surface area contributed by atoms with Crippen molar-refractivity contribution in [1.29, 1.82) is 0 Å². The summed E-state index contributed by atoms with van der Waals surface area (Å²) in [5.41, 5.74) is 2.59. The van der Waals surface area contributed by atoms with Gasteiger partial charge in [0.05, 0.1) is 5.56 Å². The summed E-state index contributed by atoms with van der Waals surface area (Å²) in [6.07, 6.45) is 3.08. The molecule has 3 atom stereocenters. The fraction of sp³-hybridized carbons (Fsp3) is 0.619. The van der Waals surface area contributed by atoms with Crippen LogP contribution < -0.4 is 0 Å². The SMILES string of the molecule is Cc1ccc(C(=O)OCC(=O)OC2CC(C)CCC2C(C)C)cc1C. The van der Waals surface area contributed by atoms with Gasteiger partial charge in [-0.3, -0.25) is 0 Å². The molecule has 0 aliphatic heterocycles. The molecule has 1 aromatic carbocycles. The first-order chi connectivity index (χ1) is 11.8. The van der Waals surface area contributed by atoms with Crippen molar-refractivity contribution in [1.82, 2.24) is 0 Å². The summed E-state index contributed by atoms with van der Waals surface area (Å²) in [4.78, 5) is 24.2. The molecule has 0 radical (unpaired) electrons. The predicted octanol–water partition coefficient (Wildman–Crippen LogP) is 4.46. The third-order valence-electron chi connectivity index (χ3n) is 5.31. The molecule has 4 heteroatoms. The summed E-state index contributed by atoms with van der Waals surface area (Å²) < 4.78 is 10.8. The zero-order valence-electron chi connectivity index (χ0n) is 16.0. The molecule has 0 bridgehead atoms. The van der Waals surface area contributed by atoms with Gasteiger partial charge < -0.3 is 9.47 Å². The highest BCUT2D eigenvalue weighted by Crippen LogP contribution is 2.35. The second-order valence-electron chi connectivity index (χ2n) is 7.73. The Bertz CT molecular complexity index is 620. The van der Waals surface area contributed by atoms with Crippen LogP contribution in [0.25, 0.3) is 0 Å². The Morgan fingerprint density at radius 3 is 2.52 bits per heavy atom. The number of carbonyl (C=O) groups is 2. The van der Waals surface area contributed by atoms with E-state index in [4.69, 9.17) is 9.47 Å². The highest BCUT2D eigenvalue weighted by Gasteiger charge is 2.33. The Kier molecular flexibility index (Phi) is 6.63. The summed E-state index contributed by atoms with van der Waals surface area (Å²) in [6.45, 7) is 10.1. The van der Waals surface area contributed by atoms with E-state index in [2.05, 4.69) is 20.8 Å². The van der Waals surface area contributed by atoms with Crippen molar-refractivity contribution < 1.29 is 19.1 Å². The monoisotopic (exact) mass is 346 g/mol. The Morgan fingerprint density at radius 2 is 1.88 bits per heavy atom. The first-order valence-electron chi connectivity index (χ1n) is 9.21. The van der Waals surface area contributed by atoms with Crippen LogP contribution in [0.2, 0.25) is 0 Å². The van der Waals surface area contributed by atoms with Gasteiger partial charge in [0.25, 0.3) is 0 Å². The van der Waals surface area contributed by atoms with Gasteiger partial charge in [-0.2, -0.15) is 0 Å². The highest BCUT2D eigenvalue weighted by molar-refractivity contribution is 5.91. The number of esters is 2. The van der Waals surface area contributed by atoms with Crippen LogP contribution in [0.1, 0.15) is 61.5 Å². The first-order valence-corrected chi connectivity index (χ1v) is 9.21. The lowest BCUT2D eigenvalue weighted by molar-refractivity contribution is -0.159. The molecule has 0 saturated heterocycles. The molecule has 1 aliphatic rings. The van der Waals surface area contributed by atoms with Gasteiger partial charge in [-0.05, 0) is 67.7 Å². The molecule has 0 aromatic heterocycles. The average Bonchev–Trinajstić information content (AvgIpc) is 2.55. The lowest BCUT2D eigenvalue weighted by Gasteiger charge is -2.36. The molecule has 3 unspecified atom stereocenters. The van der Waals surface area contributed by atoms with Crippen molar-refractivity contribution in [2.45, 2.75) is 60.0 Å². The summed E-state index contributed by atoms with van der Waals surface area (Å²) in [7, 11) is 0. The van der Waals surface area contributed by atoms with Crippen molar-refractivity contribution in [2.75, 3.05) is 6.61 Å². The molecule has 1 saturated carbocycles. The summed E-state index contributed by atoms with van der Waals surface area (Å²) in [6, 6.07) is 5.37. The van der Waals surface area contributed by atoms with Crippen molar-refractivity contribution in [3.63, 3.8) is 0 Å². The minimum absolute atomic E-state index is 0.0726. The zero-order valence-corrected chi connectivity index (χ0v) is 16.0. The molecule has 0 amide bonds. The largest absolute Gasteiger partial charge is 0.460 e. The van der Waals surface area contributed by atoms with Crippen molar-refractivity contribution in [2.24, 2.45) is 17.8 Å². The Morgan fingerprint density at radius 1 is 1.16 bits per heavy atom. The maximum absolute atomic E-state index is 12.1. The normalized spacial score (nSPS) is 23.4. The number of benzene rings is 1. The zero-order chi connectivity index (χ0) is 18.6. The standard InChI is InChI=1S/C21H30O4/c1-13(2)18-9-6-14(3)10-19(18)25-20(22)12-24-21(23)17-8-7-15(4)16(5)11-17/h7-8,11,13-14,18-19H,6,9-10,12H2,1-5H3. The summed E-state index contributed by atoms with van der Waals surface area (Å²) >= 11 is 0. The van der Waals surface area contributed by atoms with Crippen LogP contribution in [0.4, 0.5) is 0 Å². The van der Waals surface area contributed by atoms with E-state index in [0.717, 1.165) is 24.0 Å². The van der Waals surface area contributed by atoms with Crippen LogP contribution in [0.15, 0.2) is 18.2 Å².